The number of ether oxygens (including phenoxy) is 1. The van der Waals surface area contributed by atoms with Crippen LogP contribution >= 0.6 is 0 Å². The number of anilines is 1. The number of hydrogen-bond acceptors (Lipinski definition) is 6. The Labute approximate surface area is 217 Å². The van der Waals surface area contributed by atoms with Gasteiger partial charge in [-0.25, -0.2) is 9.48 Å². The Morgan fingerprint density at radius 3 is 2.70 bits per heavy atom. The van der Waals surface area contributed by atoms with Crippen molar-refractivity contribution in [2.45, 2.75) is 32.7 Å². The number of para-hydroxylation sites is 1. The molecule has 0 saturated carbocycles. The molecule has 8 heteroatoms. The van der Waals surface area contributed by atoms with Gasteiger partial charge in [0.25, 0.3) is 0 Å². The SMILES string of the molecule is CCC(c1ccn(-c2ccccc2)n1)N1CCCN(c2c(OCC(=O)O)c(C)cc3cccnc23)CC1. The minimum absolute atomic E-state index is 0.222. The Bertz CT molecular complexity index is 1370. The lowest BCUT2D eigenvalue weighted by Crippen LogP contribution is -2.34. The van der Waals surface area contributed by atoms with Gasteiger partial charge in [-0.05, 0) is 55.7 Å². The average Bonchev–Trinajstić information content (AvgIpc) is 3.27. The Morgan fingerprint density at radius 2 is 1.92 bits per heavy atom. The molecule has 0 aliphatic carbocycles. The van der Waals surface area contributed by atoms with Gasteiger partial charge in [-0.15, -0.1) is 0 Å². The molecule has 8 nitrogen and oxygen atoms in total. The van der Waals surface area contributed by atoms with Gasteiger partial charge < -0.3 is 14.7 Å². The summed E-state index contributed by atoms with van der Waals surface area (Å²) >= 11 is 0. The maximum Gasteiger partial charge on any atom is 0.341 e. The van der Waals surface area contributed by atoms with Crippen molar-refractivity contribution in [1.29, 1.82) is 0 Å². The molecular formula is C29H33N5O3. The van der Waals surface area contributed by atoms with Crippen molar-refractivity contribution >= 4 is 22.6 Å². The minimum Gasteiger partial charge on any atom is -0.479 e. The number of aliphatic carboxylic acids is 1. The number of benzene rings is 2. The Hall–Kier alpha value is -3.91. The topological polar surface area (TPSA) is 83.7 Å². The van der Waals surface area contributed by atoms with Gasteiger partial charge in [-0.1, -0.05) is 31.2 Å². The molecule has 3 heterocycles. The molecule has 1 atom stereocenters. The van der Waals surface area contributed by atoms with Crippen LogP contribution in [0.4, 0.5) is 5.69 Å². The van der Waals surface area contributed by atoms with E-state index in [1.165, 1.54) is 0 Å². The Balaban J connectivity index is 1.41. The number of carbonyl (C=O) groups is 1. The van der Waals surface area contributed by atoms with Crippen molar-refractivity contribution in [3.63, 3.8) is 0 Å². The van der Waals surface area contributed by atoms with Crippen LogP contribution in [0.2, 0.25) is 0 Å². The lowest BCUT2D eigenvalue weighted by Gasteiger charge is -2.30. The lowest BCUT2D eigenvalue weighted by atomic mass is 10.1. The maximum atomic E-state index is 11.3. The molecule has 1 aliphatic rings. The Kier molecular flexibility index (Phi) is 7.37. The van der Waals surface area contributed by atoms with E-state index in [0.717, 1.165) is 72.6 Å². The normalized spacial score (nSPS) is 15.5. The lowest BCUT2D eigenvalue weighted by molar-refractivity contribution is -0.139. The Morgan fingerprint density at radius 1 is 1.08 bits per heavy atom. The zero-order valence-electron chi connectivity index (χ0n) is 21.4. The van der Waals surface area contributed by atoms with Gasteiger partial charge >= 0.3 is 5.97 Å². The molecule has 0 amide bonds. The zero-order valence-corrected chi connectivity index (χ0v) is 21.4. The summed E-state index contributed by atoms with van der Waals surface area (Å²) in [4.78, 5) is 20.8. The number of carboxylic acids is 1. The number of carboxylic acid groups (broad SMARTS) is 1. The predicted octanol–water partition coefficient (Wildman–Crippen LogP) is 4.86. The molecule has 192 valence electrons. The second kappa shape index (κ2) is 11.0. The molecule has 4 aromatic rings. The average molecular weight is 500 g/mol. The quantitative estimate of drug-likeness (QED) is 0.371. The van der Waals surface area contributed by atoms with Crippen molar-refractivity contribution in [1.82, 2.24) is 19.7 Å². The van der Waals surface area contributed by atoms with Crippen LogP contribution in [0, 0.1) is 6.92 Å². The van der Waals surface area contributed by atoms with E-state index in [0.29, 0.717) is 5.75 Å². The summed E-state index contributed by atoms with van der Waals surface area (Å²) in [6.45, 7) is 7.23. The van der Waals surface area contributed by atoms with Crippen molar-refractivity contribution in [2.24, 2.45) is 0 Å². The number of rotatable bonds is 8. The molecule has 1 aliphatic heterocycles. The number of fused-ring (bicyclic) bond motifs is 1. The summed E-state index contributed by atoms with van der Waals surface area (Å²) in [5.41, 5.74) is 4.78. The first kappa shape index (κ1) is 24.8. The van der Waals surface area contributed by atoms with Crippen LogP contribution in [0.3, 0.4) is 0 Å². The highest BCUT2D eigenvalue weighted by Crippen LogP contribution is 2.39. The first-order valence-electron chi connectivity index (χ1n) is 12.9. The number of aromatic nitrogens is 3. The third-order valence-electron chi connectivity index (χ3n) is 6.99. The van der Waals surface area contributed by atoms with Crippen LogP contribution in [0.15, 0.2) is 67.0 Å². The summed E-state index contributed by atoms with van der Waals surface area (Å²) in [7, 11) is 0. The largest absolute Gasteiger partial charge is 0.479 e. The zero-order chi connectivity index (χ0) is 25.8. The summed E-state index contributed by atoms with van der Waals surface area (Å²) < 4.78 is 7.78. The van der Waals surface area contributed by atoms with E-state index in [1.807, 2.05) is 54.2 Å². The molecule has 0 spiro atoms. The van der Waals surface area contributed by atoms with Gasteiger partial charge in [0.05, 0.1) is 22.9 Å². The molecule has 5 rings (SSSR count). The second-order valence-corrected chi connectivity index (χ2v) is 9.45. The van der Waals surface area contributed by atoms with E-state index in [4.69, 9.17) is 9.84 Å². The highest BCUT2D eigenvalue weighted by molar-refractivity contribution is 5.95. The molecule has 0 bridgehead atoms. The first-order valence-corrected chi connectivity index (χ1v) is 12.9. The first-order chi connectivity index (χ1) is 18.0. The molecular weight excluding hydrogens is 466 g/mol. The van der Waals surface area contributed by atoms with Crippen LogP contribution in [-0.2, 0) is 4.79 Å². The monoisotopic (exact) mass is 499 g/mol. The van der Waals surface area contributed by atoms with Crippen molar-refractivity contribution in [3.05, 3.63) is 78.2 Å². The summed E-state index contributed by atoms with van der Waals surface area (Å²) in [6.07, 6.45) is 5.75. The molecule has 2 aromatic heterocycles. The second-order valence-electron chi connectivity index (χ2n) is 9.45. The van der Waals surface area contributed by atoms with Gasteiger partial charge in [-0.2, -0.15) is 5.10 Å². The minimum atomic E-state index is -0.991. The van der Waals surface area contributed by atoms with Crippen LogP contribution in [0.5, 0.6) is 5.75 Å². The van der Waals surface area contributed by atoms with Gasteiger partial charge in [0.2, 0.25) is 0 Å². The standard InChI is InChI=1S/C29H33N5O3/c1-3-25(24-12-16-34(31-24)23-10-5-4-6-11-23)32-14-8-15-33(18-17-32)28-27-22(9-7-13-30-27)19-21(2)29(28)37-20-26(35)36/h4-7,9-13,16,19,25H,3,8,14-15,17-18,20H2,1-2H3,(H,35,36). The molecule has 1 saturated heterocycles. The molecule has 0 radical (unpaired) electrons. The smallest absolute Gasteiger partial charge is 0.341 e. The molecule has 37 heavy (non-hydrogen) atoms. The number of nitrogens with zero attached hydrogens (tertiary/aromatic N) is 5. The van der Waals surface area contributed by atoms with Gasteiger partial charge in [0.15, 0.2) is 6.61 Å². The molecule has 1 N–H and O–H groups in total. The fourth-order valence-corrected chi connectivity index (χ4v) is 5.30. The third-order valence-corrected chi connectivity index (χ3v) is 6.99. The number of pyridine rings is 1. The van der Waals surface area contributed by atoms with Crippen LogP contribution < -0.4 is 9.64 Å². The van der Waals surface area contributed by atoms with E-state index < -0.39 is 5.97 Å². The van der Waals surface area contributed by atoms with Crippen LogP contribution in [0.25, 0.3) is 16.6 Å². The van der Waals surface area contributed by atoms with E-state index in [2.05, 4.69) is 39.9 Å². The highest BCUT2D eigenvalue weighted by Gasteiger charge is 2.27. The third kappa shape index (κ3) is 5.29. The highest BCUT2D eigenvalue weighted by atomic mass is 16.5. The fourth-order valence-electron chi connectivity index (χ4n) is 5.30. The van der Waals surface area contributed by atoms with Crippen molar-refractivity contribution < 1.29 is 14.6 Å². The van der Waals surface area contributed by atoms with Gasteiger partial charge in [0, 0.05) is 44.0 Å². The van der Waals surface area contributed by atoms with Crippen molar-refractivity contribution in [3.8, 4) is 11.4 Å². The predicted molar refractivity (Wildman–Crippen MR) is 145 cm³/mol. The summed E-state index contributed by atoms with van der Waals surface area (Å²) in [5, 5.41) is 15.2. The van der Waals surface area contributed by atoms with E-state index in [-0.39, 0.29) is 12.6 Å². The van der Waals surface area contributed by atoms with E-state index >= 15 is 0 Å². The fraction of sp³-hybridized carbons (Fsp3) is 0.345. The van der Waals surface area contributed by atoms with E-state index in [9.17, 15) is 9.90 Å². The molecule has 1 fully saturated rings. The number of hydrogen-bond donors (Lipinski definition) is 1. The van der Waals surface area contributed by atoms with Crippen LogP contribution in [0.1, 0.15) is 37.1 Å². The number of aryl methyl sites for hydroxylation is 1. The van der Waals surface area contributed by atoms with Crippen molar-refractivity contribution in [2.75, 3.05) is 37.7 Å². The summed E-state index contributed by atoms with van der Waals surface area (Å²) in [6, 6.07) is 18.5. The molecule has 2 aromatic carbocycles. The molecule has 1 unspecified atom stereocenters. The maximum absolute atomic E-state index is 11.3. The van der Waals surface area contributed by atoms with Gasteiger partial charge in [0.1, 0.15) is 11.4 Å². The van der Waals surface area contributed by atoms with Gasteiger partial charge in [-0.3, -0.25) is 9.88 Å². The van der Waals surface area contributed by atoms with E-state index in [1.54, 1.807) is 6.20 Å². The summed E-state index contributed by atoms with van der Waals surface area (Å²) in [5.74, 6) is -0.384. The van der Waals surface area contributed by atoms with Crippen LogP contribution in [-0.4, -0.2) is 63.5 Å².